The summed E-state index contributed by atoms with van der Waals surface area (Å²) in [5.74, 6) is -2.49. The highest BCUT2D eigenvalue weighted by Crippen LogP contribution is 2.14. The third-order valence-corrected chi connectivity index (χ3v) is 1.81. The Balaban J connectivity index is 3.73. The van der Waals surface area contributed by atoms with Gasteiger partial charge in [-0.15, -0.1) is 0 Å². The number of hydrogen-bond acceptors (Lipinski definition) is 3. The highest BCUT2D eigenvalue weighted by atomic mass is 19.4. The van der Waals surface area contributed by atoms with Gasteiger partial charge in [-0.1, -0.05) is 0 Å². The number of amidine groups is 1. The first kappa shape index (κ1) is 14.7. The first-order valence-corrected chi connectivity index (χ1v) is 4.60. The fraction of sp³-hybridized carbons (Fsp3) is 0.750. The Labute approximate surface area is 90.3 Å². The van der Waals surface area contributed by atoms with Crippen LogP contribution in [-0.2, 0) is 4.79 Å². The number of aliphatic imine (C=N–C) groups is 1. The Morgan fingerprint density at radius 2 is 1.94 bits per heavy atom. The molecule has 1 atom stereocenters. The zero-order valence-corrected chi connectivity index (χ0v) is 8.50. The zero-order valence-electron chi connectivity index (χ0n) is 8.50. The molecule has 16 heavy (non-hydrogen) atoms. The molecule has 0 radical (unpaired) electrons. The minimum Gasteiger partial charge on any atom is -0.480 e. The van der Waals surface area contributed by atoms with E-state index in [1.54, 1.807) is 0 Å². The van der Waals surface area contributed by atoms with Crippen LogP contribution in [-0.4, -0.2) is 35.7 Å². The van der Waals surface area contributed by atoms with E-state index in [-0.39, 0.29) is 13.0 Å². The average molecular weight is 241 g/mol. The van der Waals surface area contributed by atoms with Crippen LogP contribution >= 0.6 is 0 Å². The third kappa shape index (κ3) is 6.23. The Kier molecular flexibility index (Phi) is 5.79. The number of halogens is 3. The number of unbranched alkanes of at least 4 members (excludes halogenated alkanes) is 1. The molecular weight excluding hydrogens is 227 g/mol. The van der Waals surface area contributed by atoms with E-state index < -0.39 is 24.0 Å². The fourth-order valence-corrected chi connectivity index (χ4v) is 0.889. The maximum absolute atomic E-state index is 11.8. The van der Waals surface area contributed by atoms with Gasteiger partial charge >= 0.3 is 12.1 Å². The van der Waals surface area contributed by atoms with Crippen molar-refractivity contribution in [3.05, 3.63) is 0 Å². The molecule has 0 amide bonds. The van der Waals surface area contributed by atoms with Gasteiger partial charge in [0.2, 0.25) is 5.84 Å². The summed E-state index contributed by atoms with van der Waals surface area (Å²) in [5.41, 5.74) is 9.83. The van der Waals surface area contributed by atoms with Crippen molar-refractivity contribution < 1.29 is 23.1 Å². The van der Waals surface area contributed by atoms with E-state index in [1.165, 1.54) is 0 Å². The van der Waals surface area contributed by atoms with Crippen LogP contribution in [0.5, 0.6) is 0 Å². The van der Waals surface area contributed by atoms with Crippen LogP contribution in [0.2, 0.25) is 0 Å². The standard InChI is InChI=1S/C8H14F3N3O2/c9-8(10,11)7(13)14-4-2-1-3-5(12)6(15)16/h5H,1-4,12H2,(H2,13,14)(H,15,16)/t5-/m0/s1. The second-order valence-corrected chi connectivity index (χ2v) is 3.21. The highest BCUT2D eigenvalue weighted by molar-refractivity contribution is 5.85. The maximum atomic E-state index is 11.8. The maximum Gasteiger partial charge on any atom is 0.448 e. The summed E-state index contributed by atoms with van der Waals surface area (Å²) < 4.78 is 35.5. The van der Waals surface area contributed by atoms with Crippen molar-refractivity contribution in [2.75, 3.05) is 6.54 Å². The lowest BCUT2D eigenvalue weighted by Gasteiger charge is -2.06. The Morgan fingerprint density at radius 1 is 1.38 bits per heavy atom. The van der Waals surface area contributed by atoms with Crippen molar-refractivity contribution in [3.63, 3.8) is 0 Å². The van der Waals surface area contributed by atoms with Gasteiger partial charge in [0.15, 0.2) is 0 Å². The van der Waals surface area contributed by atoms with Crippen LogP contribution in [0.25, 0.3) is 0 Å². The molecule has 0 aliphatic heterocycles. The van der Waals surface area contributed by atoms with Gasteiger partial charge in [-0.2, -0.15) is 13.2 Å². The fourth-order valence-electron chi connectivity index (χ4n) is 0.889. The molecule has 8 heteroatoms. The van der Waals surface area contributed by atoms with Crippen molar-refractivity contribution >= 4 is 11.8 Å². The SMILES string of the molecule is NC(=NCCCC[C@H](N)C(=O)O)C(F)(F)F. The second-order valence-electron chi connectivity index (χ2n) is 3.21. The predicted molar refractivity (Wildman–Crippen MR) is 52.0 cm³/mol. The number of aliphatic carboxylic acids is 1. The Hall–Kier alpha value is -1.31. The summed E-state index contributed by atoms with van der Waals surface area (Å²) in [5, 5.41) is 8.41. The number of carbonyl (C=O) groups is 1. The van der Waals surface area contributed by atoms with E-state index in [2.05, 4.69) is 10.7 Å². The van der Waals surface area contributed by atoms with Crippen LogP contribution in [0, 0.1) is 0 Å². The quantitative estimate of drug-likeness (QED) is 0.357. The summed E-state index contributed by atoms with van der Waals surface area (Å²) in [6.07, 6.45) is -3.69. The molecule has 0 rings (SSSR count). The molecule has 0 spiro atoms. The van der Waals surface area contributed by atoms with Gasteiger partial charge in [0, 0.05) is 6.54 Å². The molecule has 0 bridgehead atoms. The summed E-state index contributed by atoms with van der Waals surface area (Å²) in [6, 6.07) is -0.982. The smallest absolute Gasteiger partial charge is 0.448 e. The number of carboxylic acids is 1. The number of carboxylic acid groups (broad SMARTS) is 1. The summed E-state index contributed by atoms with van der Waals surface area (Å²) in [7, 11) is 0. The van der Waals surface area contributed by atoms with Gasteiger partial charge in [0.1, 0.15) is 6.04 Å². The molecule has 0 aromatic heterocycles. The predicted octanol–water partition coefficient (Wildman–Crippen LogP) is 0.488. The molecule has 0 saturated heterocycles. The molecule has 94 valence electrons. The third-order valence-electron chi connectivity index (χ3n) is 1.81. The topological polar surface area (TPSA) is 102 Å². The van der Waals surface area contributed by atoms with Crippen LogP contribution in [0.15, 0.2) is 4.99 Å². The average Bonchev–Trinajstić information content (AvgIpc) is 2.14. The number of hydrogen-bond donors (Lipinski definition) is 3. The number of nitrogens with zero attached hydrogens (tertiary/aromatic N) is 1. The number of alkyl halides is 3. The van der Waals surface area contributed by atoms with Crippen LogP contribution in [0.4, 0.5) is 13.2 Å². The molecule has 0 aromatic carbocycles. The van der Waals surface area contributed by atoms with Crippen molar-refractivity contribution in [1.82, 2.24) is 0 Å². The normalized spacial score (nSPS) is 14.9. The lowest BCUT2D eigenvalue weighted by atomic mass is 10.1. The largest absolute Gasteiger partial charge is 0.480 e. The van der Waals surface area contributed by atoms with Gasteiger partial charge in [-0.05, 0) is 19.3 Å². The van der Waals surface area contributed by atoms with E-state index >= 15 is 0 Å². The highest BCUT2D eigenvalue weighted by Gasteiger charge is 2.33. The summed E-state index contributed by atoms with van der Waals surface area (Å²) in [4.78, 5) is 13.4. The van der Waals surface area contributed by atoms with Crippen LogP contribution < -0.4 is 11.5 Å². The molecule has 0 aliphatic carbocycles. The van der Waals surface area contributed by atoms with Gasteiger partial charge < -0.3 is 16.6 Å². The Morgan fingerprint density at radius 3 is 2.38 bits per heavy atom. The summed E-state index contributed by atoms with van der Waals surface area (Å²) in [6.45, 7) is -0.0856. The minimum atomic E-state index is -4.60. The van der Waals surface area contributed by atoms with Gasteiger partial charge in [0.25, 0.3) is 0 Å². The van der Waals surface area contributed by atoms with Gasteiger partial charge in [-0.3, -0.25) is 9.79 Å². The van der Waals surface area contributed by atoms with Crippen LogP contribution in [0.1, 0.15) is 19.3 Å². The zero-order chi connectivity index (χ0) is 12.8. The molecule has 0 saturated carbocycles. The van der Waals surface area contributed by atoms with Gasteiger partial charge in [-0.25, -0.2) is 0 Å². The lowest BCUT2D eigenvalue weighted by molar-refractivity contribution is -0.138. The number of rotatable bonds is 6. The molecular formula is C8H14F3N3O2. The molecule has 5 nitrogen and oxygen atoms in total. The number of nitrogens with two attached hydrogens (primary N) is 2. The van der Waals surface area contributed by atoms with Crippen molar-refractivity contribution in [1.29, 1.82) is 0 Å². The van der Waals surface area contributed by atoms with Crippen LogP contribution in [0.3, 0.4) is 0 Å². The first-order valence-electron chi connectivity index (χ1n) is 4.60. The monoisotopic (exact) mass is 241 g/mol. The van der Waals surface area contributed by atoms with Crippen molar-refractivity contribution in [2.45, 2.75) is 31.5 Å². The molecule has 0 fully saturated rings. The summed E-state index contributed by atoms with van der Waals surface area (Å²) >= 11 is 0. The molecule has 0 unspecified atom stereocenters. The second kappa shape index (κ2) is 6.31. The van der Waals surface area contributed by atoms with E-state index in [0.29, 0.717) is 12.8 Å². The van der Waals surface area contributed by atoms with E-state index in [4.69, 9.17) is 10.8 Å². The first-order chi connectivity index (χ1) is 7.25. The Bertz CT molecular complexity index is 266. The minimum absolute atomic E-state index is 0.0856. The lowest BCUT2D eigenvalue weighted by Crippen LogP contribution is -2.31. The van der Waals surface area contributed by atoms with E-state index in [0.717, 1.165) is 0 Å². The molecule has 5 N–H and O–H groups in total. The molecule has 0 heterocycles. The van der Waals surface area contributed by atoms with Crippen molar-refractivity contribution in [3.8, 4) is 0 Å². The molecule has 0 aromatic rings. The van der Waals surface area contributed by atoms with E-state index in [1.807, 2.05) is 0 Å². The molecule has 0 aliphatic rings. The van der Waals surface area contributed by atoms with Crippen molar-refractivity contribution in [2.24, 2.45) is 16.5 Å². The van der Waals surface area contributed by atoms with E-state index in [9.17, 15) is 18.0 Å². The van der Waals surface area contributed by atoms with Gasteiger partial charge in [0.05, 0.1) is 0 Å².